The first-order valence-electron chi connectivity index (χ1n) is 9.20. The molecule has 1 aliphatic rings. The Labute approximate surface area is 142 Å². The second-order valence-electron chi connectivity index (χ2n) is 6.19. The van der Waals surface area contributed by atoms with Gasteiger partial charge in [0.15, 0.2) is 0 Å². The summed E-state index contributed by atoms with van der Waals surface area (Å²) in [4.78, 5) is 11.4. The molecule has 1 aliphatic heterocycles. The largest absolute Gasteiger partial charge is 0.497 e. The minimum absolute atomic E-state index is 0.0270. The van der Waals surface area contributed by atoms with Gasteiger partial charge in [-0.2, -0.15) is 4.98 Å². The van der Waals surface area contributed by atoms with Crippen molar-refractivity contribution in [3.63, 3.8) is 0 Å². The van der Waals surface area contributed by atoms with E-state index >= 15 is 0 Å². The maximum absolute atomic E-state index is 13.2. The van der Waals surface area contributed by atoms with Gasteiger partial charge in [-0.1, -0.05) is 0 Å². The van der Waals surface area contributed by atoms with Crippen LogP contribution in [0, 0.1) is 5.92 Å². The predicted octanol–water partition coefficient (Wildman–Crippen LogP) is 3.47. The number of rotatable bonds is 4. The third-order valence-electron chi connectivity index (χ3n) is 4.77. The molecule has 0 saturated carbocycles. The van der Waals surface area contributed by atoms with E-state index in [1.165, 1.54) is 0 Å². The fourth-order valence-corrected chi connectivity index (χ4v) is 3.35. The summed E-state index contributed by atoms with van der Waals surface area (Å²) in [6.07, 6.45) is 3.47. The quantitative estimate of drug-likeness (QED) is 0.735. The van der Waals surface area contributed by atoms with Gasteiger partial charge >= 0.3 is 0 Å². The van der Waals surface area contributed by atoms with Crippen LogP contribution >= 0.6 is 0 Å². The number of anilines is 1. The van der Waals surface area contributed by atoms with Gasteiger partial charge in [0.2, 0.25) is 5.78 Å². The van der Waals surface area contributed by atoms with E-state index in [0.29, 0.717) is 5.78 Å². The van der Waals surface area contributed by atoms with Crippen LogP contribution in [0.2, 0.25) is 0 Å². The SMILES string of the molecule is [2H]C([2H])([18F])CC1CCN(c2ccn3c(n2)nc2ccc(OC)cc23)CC1. The van der Waals surface area contributed by atoms with Gasteiger partial charge in [0.1, 0.15) is 11.6 Å². The average Bonchev–Trinajstić information content (AvgIpc) is 2.97. The zero-order valence-electron chi connectivity index (χ0n) is 15.6. The zero-order valence-corrected chi connectivity index (χ0v) is 13.6. The molecule has 0 atom stereocenters. The summed E-state index contributed by atoms with van der Waals surface area (Å²) in [5.74, 6) is 2.34. The first-order valence-corrected chi connectivity index (χ1v) is 8.20. The smallest absolute Gasteiger partial charge is 0.236 e. The standard InChI is InChI=1S/C18H21FN4O/c1-24-14-2-3-15-16(12-14)23-11-7-17(21-18(23)20-15)22-9-5-13(4-8-19)6-10-22/h2-3,7,11-13H,4-6,8-10H2,1H3/i8D2,19-1. The molecule has 0 amide bonds. The van der Waals surface area contributed by atoms with Crippen LogP contribution in [0.15, 0.2) is 30.5 Å². The summed E-state index contributed by atoms with van der Waals surface area (Å²) in [6.45, 7) is -1.09. The van der Waals surface area contributed by atoms with Crippen molar-refractivity contribution >= 4 is 22.6 Å². The average molecular weight is 329 g/mol. The number of imidazole rings is 1. The molecule has 0 unspecified atom stereocenters. The molecule has 0 spiro atoms. The maximum Gasteiger partial charge on any atom is 0.236 e. The second kappa shape index (κ2) is 6.26. The van der Waals surface area contributed by atoms with Crippen LogP contribution in [0.25, 0.3) is 16.8 Å². The lowest BCUT2D eigenvalue weighted by atomic mass is 9.94. The molecule has 126 valence electrons. The van der Waals surface area contributed by atoms with Crippen molar-refractivity contribution in [2.24, 2.45) is 5.92 Å². The lowest BCUT2D eigenvalue weighted by Gasteiger charge is -2.32. The van der Waals surface area contributed by atoms with E-state index in [1.807, 2.05) is 34.9 Å². The van der Waals surface area contributed by atoms with Gasteiger partial charge in [0.05, 0.1) is 27.5 Å². The topological polar surface area (TPSA) is 42.7 Å². The Morgan fingerprint density at radius 2 is 2.12 bits per heavy atom. The van der Waals surface area contributed by atoms with Gasteiger partial charge in [-0.25, -0.2) is 4.98 Å². The summed E-state index contributed by atoms with van der Waals surface area (Å²) in [5.41, 5.74) is 1.81. The summed E-state index contributed by atoms with van der Waals surface area (Å²) in [5, 5.41) is 0. The Bertz CT molecular complexity index is 932. The van der Waals surface area contributed by atoms with Gasteiger partial charge in [0, 0.05) is 25.4 Å². The molecule has 3 aromatic rings. The molecule has 1 aromatic carbocycles. The normalized spacial score (nSPS) is 18.0. The zero-order chi connectivity index (χ0) is 18.3. The third kappa shape index (κ3) is 2.66. The highest BCUT2D eigenvalue weighted by atomic mass is 18.2. The summed E-state index contributed by atoms with van der Waals surface area (Å²) >= 11 is 0. The van der Waals surface area contributed by atoms with Crippen LogP contribution < -0.4 is 9.64 Å². The molecule has 1 fully saturated rings. The van der Waals surface area contributed by atoms with Crippen molar-refractivity contribution in [3.05, 3.63) is 30.5 Å². The van der Waals surface area contributed by atoms with Crippen molar-refractivity contribution in [2.45, 2.75) is 19.3 Å². The van der Waals surface area contributed by atoms with Crippen LogP contribution in [0.4, 0.5) is 10.2 Å². The first-order chi connectivity index (χ1) is 12.4. The number of aromatic nitrogens is 3. The van der Waals surface area contributed by atoms with Gasteiger partial charge in [-0.15, -0.1) is 0 Å². The van der Waals surface area contributed by atoms with E-state index in [-0.39, 0.29) is 12.3 Å². The van der Waals surface area contributed by atoms with E-state index in [1.54, 1.807) is 7.11 Å². The molecule has 2 aromatic heterocycles. The van der Waals surface area contributed by atoms with Crippen molar-refractivity contribution in [1.82, 2.24) is 14.4 Å². The van der Waals surface area contributed by atoms with Crippen molar-refractivity contribution in [3.8, 4) is 5.75 Å². The van der Waals surface area contributed by atoms with Crippen molar-refractivity contribution < 1.29 is 11.9 Å². The number of piperidine rings is 1. The number of hydrogen-bond acceptors (Lipinski definition) is 4. The van der Waals surface area contributed by atoms with Crippen LogP contribution in [0.3, 0.4) is 0 Å². The van der Waals surface area contributed by atoms with Crippen LogP contribution in [0.1, 0.15) is 22.0 Å². The maximum atomic E-state index is 13.2. The molecule has 3 heterocycles. The number of benzene rings is 1. The number of alkyl halides is 1. The summed E-state index contributed by atoms with van der Waals surface area (Å²) in [7, 11) is 1.64. The number of methoxy groups -OCH3 is 1. The monoisotopic (exact) mass is 329 g/mol. The highest BCUT2D eigenvalue weighted by Crippen LogP contribution is 2.26. The molecule has 0 aliphatic carbocycles. The van der Waals surface area contributed by atoms with Gasteiger partial charge in [0.25, 0.3) is 0 Å². The number of hydrogen-bond donors (Lipinski definition) is 0. The van der Waals surface area contributed by atoms with E-state index in [0.717, 1.165) is 48.5 Å². The molecule has 0 N–H and O–H groups in total. The Morgan fingerprint density at radius 1 is 1.29 bits per heavy atom. The van der Waals surface area contributed by atoms with Crippen LogP contribution in [0.5, 0.6) is 5.75 Å². The molecule has 4 rings (SSSR count). The van der Waals surface area contributed by atoms with E-state index in [9.17, 15) is 4.39 Å². The Morgan fingerprint density at radius 3 is 2.88 bits per heavy atom. The minimum Gasteiger partial charge on any atom is -0.497 e. The molecular formula is C18H21FN4O. The Kier molecular flexibility index (Phi) is 3.39. The number of fused-ring (bicyclic) bond motifs is 3. The fraction of sp³-hybridized carbons (Fsp3) is 0.444. The minimum atomic E-state index is -2.58. The predicted molar refractivity (Wildman–Crippen MR) is 92.6 cm³/mol. The molecule has 0 bridgehead atoms. The van der Waals surface area contributed by atoms with Crippen molar-refractivity contribution in [2.75, 3.05) is 31.7 Å². The summed E-state index contributed by atoms with van der Waals surface area (Å²) in [6, 6.07) is 7.69. The van der Waals surface area contributed by atoms with E-state index in [4.69, 9.17) is 7.48 Å². The Hall–Kier alpha value is -2.37. The van der Waals surface area contributed by atoms with Crippen LogP contribution in [-0.4, -0.2) is 41.2 Å². The Balaban J connectivity index is 1.56. The number of halogens is 1. The van der Waals surface area contributed by atoms with Crippen LogP contribution in [-0.2, 0) is 0 Å². The van der Waals surface area contributed by atoms with E-state index < -0.39 is 6.63 Å². The van der Waals surface area contributed by atoms with Gasteiger partial charge in [-0.3, -0.25) is 8.79 Å². The van der Waals surface area contributed by atoms with Crippen molar-refractivity contribution in [1.29, 1.82) is 0 Å². The highest BCUT2D eigenvalue weighted by molar-refractivity contribution is 5.81. The third-order valence-corrected chi connectivity index (χ3v) is 4.77. The van der Waals surface area contributed by atoms with E-state index in [2.05, 4.69) is 14.9 Å². The molecule has 5 nitrogen and oxygen atoms in total. The lowest BCUT2D eigenvalue weighted by molar-refractivity contribution is 0.332. The highest BCUT2D eigenvalue weighted by Gasteiger charge is 2.20. The van der Waals surface area contributed by atoms with Gasteiger partial charge < -0.3 is 9.64 Å². The molecule has 6 heteroatoms. The molecule has 1 saturated heterocycles. The molecular weight excluding hydrogens is 306 g/mol. The number of ether oxygens (including phenoxy) is 1. The summed E-state index contributed by atoms with van der Waals surface area (Å²) < 4.78 is 34.6. The molecule has 0 radical (unpaired) electrons. The van der Waals surface area contributed by atoms with Gasteiger partial charge in [-0.05, 0) is 43.4 Å². The number of nitrogens with zero attached hydrogens (tertiary/aromatic N) is 4. The lowest BCUT2D eigenvalue weighted by Crippen LogP contribution is -2.34. The second-order valence-corrected chi connectivity index (χ2v) is 6.19. The fourth-order valence-electron chi connectivity index (χ4n) is 3.35. The molecule has 24 heavy (non-hydrogen) atoms. The first kappa shape index (κ1) is 13.0.